The van der Waals surface area contributed by atoms with Crippen molar-refractivity contribution in [1.82, 2.24) is 4.90 Å². The minimum atomic E-state index is -4.45. The summed E-state index contributed by atoms with van der Waals surface area (Å²) in [6.07, 6.45) is -2.99. The first-order chi connectivity index (χ1) is 9.34. The minimum absolute atomic E-state index is 0.0174. The highest BCUT2D eigenvalue weighted by Crippen LogP contribution is 2.33. The van der Waals surface area contributed by atoms with Crippen LogP contribution in [-0.2, 0) is 6.18 Å². The van der Waals surface area contributed by atoms with E-state index in [0.29, 0.717) is 0 Å². The smallest absolute Gasteiger partial charge is 0.385 e. The molecule has 0 saturated heterocycles. The maximum atomic E-state index is 12.7. The van der Waals surface area contributed by atoms with Gasteiger partial charge in [0.05, 0.1) is 5.56 Å². The van der Waals surface area contributed by atoms with Crippen LogP contribution in [0, 0.1) is 0 Å². The highest BCUT2D eigenvalue weighted by molar-refractivity contribution is 6.03. The molecule has 0 aromatic heterocycles. The van der Waals surface area contributed by atoms with E-state index in [2.05, 4.69) is 11.6 Å². The molecule has 2 amide bonds. The molecule has 0 fully saturated rings. The average molecular weight is 283 g/mol. The quantitative estimate of drug-likeness (QED) is 0.867. The molecule has 1 aromatic carbocycles. The average Bonchev–Trinajstić information content (AvgIpc) is 2.64. The molecule has 0 aliphatic carbocycles. The fourth-order valence-electron chi connectivity index (χ4n) is 2.06. The number of urea groups is 1. The van der Waals surface area contributed by atoms with Gasteiger partial charge in [-0.15, -0.1) is 6.58 Å². The normalized spacial score (nSPS) is 19.1. The van der Waals surface area contributed by atoms with E-state index in [-0.39, 0.29) is 17.9 Å². The second kappa shape index (κ2) is 4.99. The molecular formula is C13H12F3N3O. The lowest BCUT2D eigenvalue weighted by Crippen LogP contribution is -2.33. The van der Waals surface area contributed by atoms with Crippen molar-refractivity contribution < 1.29 is 18.0 Å². The summed E-state index contributed by atoms with van der Waals surface area (Å²) in [5, 5.41) is 0. The number of alkyl halides is 3. The lowest BCUT2D eigenvalue weighted by atomic mass is 10.0. The maximum Gasteiger partial charge on any atom is 0.416 e. The molecule has 4 nitrogen and oxygen atoms in total. The lowest BCUT2D eigenvalue weighted by molar-refractivity contribution is -0.137. The minimum Gasteiger partial charge on any atom is -0.385 e. The standard InChI is InChI=1S/C13H12F3N3O/c1-2-6-19-10(11(17)18-12(19)20)8-4-3-5-9(7-8)13(14,15)16/h2-5,7,10H,1,6H2,(H2,17,18,20). The molecule has 106 valence electrons. The van der Waals surface area contributed by atoms with Crippen molar-refractivity contribution >= 4 is 11.9 Å². The number of hydrogen-bond acceptors (Lipinski definition) is 2. The first kappa shape index (κ1) is 14.1. The topological polar surface area (TPSA) is 58.7 Å². The van der Waals surface area contributed by atoms with Crippen LogP contribution in [0.5, 0.6) is 0 Å². The van der Waals surface area contributed by atoms with Gasteiger partial charge in [-0.25, -0.2) is 4.79 Å². The Morgan fingerprint density at radius 1 is 1.45 bits per heavy atom. The molecule has 20 heavy (non-hydrogen) atoms. The summed E-state index contributed by atoms with van der Waals surface area (Å²) in [7, 11) is 0. The molecule has 1 aromatic rings. The van der Waals surface area contributed by atoms with Gasteiger partial charge in [0.25, 0.3) is 0 Å². The molecule has 1 unspecified atom stereocenters. The molecular weight excluding hydrogens is 271 g/mol. The summed E-state index contributed by atoms with van der Waals surface area (Å²) in [5.41, 5.74) is 5.13. The van der Waals surface area contributed by atoms with Crippen LogP contribution in [0.1, 0.15) is 17.2 Å². The van der Waals surface area contributed by atoms with Crippen LogP contribution in [0.15, 0.2) is 41.9 Å². The highest BCUT2D eigenvalue weighted by Gasteiger charge is 2.36. The number of amides is 2. The number of rotatable bonds is 3. The molecule has 2 rings (SSSR count). The first-order valence-electron chi connectivity index (χ1n) is 5.77. The lowest BCUT2D eigenvalue weighted by Gasteiger charge is -2.23. The van der Waals surface area contributed by atoms with Crippen molar-refractivity contribution in [2.24, 2.45) is 10.7 Å². The van der Waals surface area contributed by atoms with E-state index in [4.69, 9.17) is 5.73 Å². The van der Waals surface area contributed by atoms with Gasteiger partial charge in [-0.2, -0.15) is 18.2 Å². The van der Waals surface area contributed by atoms with Crippen molar-refractivity contribution in [3.8, 4) is 0 Å². The number of amidine groups is 1. The van der Waals surface area contributed by atoms with E-state index in [0.717, 1.165) is 12.1 Å². The van der Waals surface area contributed by atoms with Crippen LogP contribution < -0.4 is 5.73 Å². The van der Waals surface area contributed by atoms with E-state index < -0.39 is 23.8 Å². The number of benzene rings is 1. The van der Waals surface area contributed by atoms with Gasteiger partial charge in [-0.1, -0.05) is 18.2 Å². The summed E-state index contributed by atoms with van der Waals surface area (Å²) in [4.78, 5) is 16.5. The van der Waals surface area contributed by atoms with Crippen molar-refractivity contribution in [3.05, 3.63) is 48.0 Å². The summed E-state index contributed by atoms with van der Waals surface area (Å²) in [6, 6.07) is 3.33. The van der Waals surface area contributed by atoms with Crippen LogP contribution in [0.4, 0.5) is 18.0 Å². The Morgan fingerprint density at radius 2 is 2.15 bits per heavy atom. The van der Waals surface area contributed by atoms with Crippen LogP contribution in [0.25, 0.3) is 0 Å². The fraction of sp³-hybridized carbons (Fsp3) is 0.231. The summed E-state index contributed by atoms with van der Waals surface area (Å²) < 4.78 is 38.1. The summed E-state index contributed by atoms with van der Waals surface area (Å²) >= 11 is 0. The molecule has 2 N–H and O–H groups in total. The predicted octanol–water partition coefficient (Wildman–Crippen LogP) is 2.73. The molecule has 1 atom stereocenters. The number of carbonyl (C=O) groups excluding carboxylic acids is 1. The third kappa shape index (κ3) is 2.52. The van der Waals surface area contributed by atoms with Gasteiger partial charge >= 0.3 is 12.2 Å². The predicted molar refractivity (Wildman–Crippen MR) is 68.1 cm³/mol. The molecule has 1 heterocycles. The van der Waals surface area contributed by atoms with Crippen molar-refractivity contribution in [2.75, 3.05) is 6.54 Å². The van der Waals surface area contributed by atoms with Gasteiger partial charge in [-0.05, 0) is 17.7 Å². The number of aliphatic imine (C=N–C) groups is 1. The number of halogens is 3. The zero-order valence-corrected chi connectivity index (χ0v) is 10.4. The molecule has 0 radical (unpaired) electrons. The molecule has 7 heteroatoms. The van der Waals surface area contributed by atoms with Gasteiger partial charge in [0.2, 0.25) is 0 Å². The van der Waals surface area contributed by atoms with Gasteiger partial charge in [0.1, 0.15) is 11.9 Å². The number of carbonyl (C=O) groups is 1. The van der Waals surface area contributed by atoms with Crippen molar-refractivity contribution in [1.29, 1.82) is 0 Å². The zero-order chi connectivity index (χ0) is 14.9. The monoisotopic (exact) mass is 283 g/mol. The van der Waals surface area contributed by atoms with Crippen LogP contribution >= 0.6 is 0 Å². The van der Waals surface area contributed by atoms with Crippen LogP contribution in [0.3, 0.4) is 0 Å². The number of hydrogen-bond donors (Lipinski definition) is 1. The Balaban J connectivity index is 2.42. The van der Waals surface area contributed by atoms with Crippen LogP contribution in [0.2, 0.25) is 0 Å². The van der Waals surface area contributed by atoms with Gasteiger partial charge in [-0.3, -0.25) is 0 Å². The molecule has 0 spiro atoms. The second-order valence-electron chi connectivity index (χ2n) is 4.29. The van der Waals surface area contributed by atoms with E-state index >= 15 is 0 Å². The highest BCUT2D eigenvalue weighted by atomic mass is 19.4. The van der Waals surface area contributed by atoms with Gasteiger partial charge in [0.15, 0.2) is 0 Å². The number of nitrogens with zero attached hydrogens (tertiary/aromatic N) is 2. The van der Waals surface area contributed by atoms with Gasteiger partial charge < -0.3 is 10.6 Å². The molecule has 1 aliphatic heterocycles. The summed E-state index contributed by atoms with van der Waals surface area (Å²) in [6.45, 7) is 3.66. The van der Waals surface area contributed by atoms with E-state index in [9.17, 15) is 18.0 Å². The third-order valence-electron chi connectivity index (χ3n) is 2.92. The third-order valence-corrected chi connectivity index (χ3v) is 2.92. The van der Waals surface area contributed by atoms with E-state index in [1.807, 2.05) is 0 Å². The second-order valence-corrected chi connectivity index (χ2v) is 4.29. The zero-order valence-electron chi connectivity index (χ0n) is 10.4. The Hall–Kier alpha value is -2.31. The molecule has 1 aliphatic rings. The number of nitrogens with two attached hydrogens (primary N) is 1. The Bertz CT molecular complexity index is 580. The van der Waals surface area contributed by atoms with Crippen molar-refractivity contribution in [3.63, 3.8) is 0 Å². The SMILES string of the molecule is C=CCN1C(=O)N=C(N)C1c1cccc(C(F)(F)F)c1. The Morgan fingerprint density at radius 3 is 2.75 bits per heavy atom. The van der Waals surface area contributed by atoms with Crippen molar-refractivity contribution in [2.45, 2.75) is 12.2 Å². The Kier molecular flexibility index (Phi) is 3.52. The molecule has 0 bridgehead atoms. The molecule has 0 saturated carbocycles. The van der Waals surface area contributed by atoms with E-state index in [1.165, 1.54) is 23.1 Å². The Labute approximate surface area is 113 Å². The largest absolute Gasteiger partial charge is 0.416 e. The fourth-order valence-corrected chi connectivity index (χ4v) is 2.06. The van der Waals surface area contributed by atoms with Crippen LogP contribution in [-0.4, -0.2) is 23.3 Å². The first-order valence-corrected chi connectivity index (χ1v) is 5.77. The maximum absolute atomic E-state index is 12.7. The van der Waals surface area contributed by atoms with Gasteiger partial charge in [0, 0.05) is 6.54 Å². The van der Waals surface area contributed by atoms with E-state index in [1.54, 1.807) is 0 Å². The summed E-state index contributed by atoms with van der Waals surface area (Å²) in [5.74, 6) is -0.0174.